The van der Waals surface area contributed by atoms with E-state index in [0.29, 0.717) is 22.7 Å². The Morgan fingerprint density at radius 1 is 1.03 bits per heavy atom. The van der Waals surface area contributed by atoms with Crippen molar-refractivity contribution in [2.75, 3.05) is 5.32 Å². The molecule has 0 bridgehead atoms. The lowest BCUT2D eigenvalue weighted by Gasteiger charge is -2.14. The van der Waals surface area contributed by atoms with Gasteiger partial charge in [0.25, 0.3) is 0 Å². The summed E-state index contributed by atoms with van der Waals surface area (Å²) in [5, 5.41) is 30.0. The summed E-state index contributed by atoms with van der Waals surface area (Å²) in [7, 11) is 0. The van der Waals surface area contributed by atoms with Gasteiger partial charge >= 0.3 is 12.2 Å². The summed E-state index contributed by atoms with van der Waals surface area (Å²) in [6, 6.07) is 25.9. The Bertz CT molecular complexity index is 1500. The van der Waals surface area contributed by atoms with Crippen molar-refractivity contribution in [3.63, 3.8) is 0 Å². The van der Waals surface area contributed by atoms with Crippen molar-refractivity contribution in [3.05, 3.63) is 95.2 Å². The first kappa shape index (κ1) is 26.9. The van der Waals surface area contributed by atoms with E-state index in [1.165, 1.54) is 18.4 Å². The fourth-order valence-corrected chi connectivity index (χ4v) is 4.12. The minimum atomic E-state index is -1.83. The molecule has 39 heavy (non-hydrogen) atoms. The third-order valence-electron chi connectivity index (χ3n) is 6.31. The number of nitriles is 1. The molecule has 4 aromatic rings. The Kier molecular flexibility index (Phi) is 8.27. The van der Waals surface area contributed by atoms with Gasteiger partial charge in [0.2, 0.25) is 0 Å². The Labute approximate surface area is 225 Å². The Morgan fingerprint density at radius 2 is 1.62 bits per heavy atom. The molecule has 3 N–H and O–H groups in total. The zero-order valence-corrected chi connectivity index (χ0v) is 21.4. The quantitative estimate of drug-likeness (QED) is 0.233. The first-order chi connectivity index (χ1) is 18.7. The van der Waals surface area contributed by atoms with E-state index >= 15 is 0 Å². The molecule has 1 aliphatic carbocycles. The molecule has 0 radical (unpaired) electrons. The Morgan fingerprint density at radius 3 is 2.21 bits per heavy atom. The number of rotatable bonds is 6. The molecular weight excluding hydrogens is 498 g/mol. The second kappa shape index (κ2) is 12.0. The number of carbonyl (C=O) groups excluding carboxylic acids is 1. The summed E-state index contributed by atoms with van der Waals surface area (Å²) in [6.45, 7) is 3.50. The van der Waals surface area contributed by atoms with Crippen molar-refractivity contribution >= 4 is 17.9 Å². The van der Waals surface area contributed by atoms with Crippen LogP contribution in [0.15, 0.2) is 77.3 Å². The lowest BCUT2D eigenvalue weighted by Crippen LogP contribution is -2.16. The molecule has 9 nitrogen and oxygen atoms in total. The normalized spacial score (nSPS) is 12.8. The third-order valence-corrected chi connectivity index (χ3v) is 6.31. The Hall–Kier alpha value is -5.10. The van der Waals surface area contributed by atoms with Gasteiger partial charge in [0.15, 0.2) is 5.76 Å². The van der Waals surface area contributed by atoms with Gasteiger partial charge in [-0.1, -0.05) is 65.8 Å². The van der Waals surface area contributed by atoms with Crippen molar-refractivity contribution in [2.45, 2.75) is 38.7 Å². The van der Waals surface area contributed by atoms with Gasteiger partial charge in [0.05, 0.1) is 11.6 Å². The number of aromatic nitrogens is 1. The van der Waals surface area contributed by atoms with Crippen LogP contribution in [0.1, 0.15) is 54.2 Å². The second-order valence-corrected chi connectivity index (χ2v) is 9.13. The maximum Gasteiger partial charge on any atom is 0.503 e. The van der Waals surface area contributed by atoms with E-state index in [0.717, 1.165) is 28.2 Å². The molecular formula is C30H27N3O6. The highest BCUT2D eigenvalue weighted by molar-refractivity contribution is 5.91. The van der Waals surface area contributed by atoms with Gasteiger partial charge in [-0.2, -0.15) is 5.26 Å². The van der Waals surface area contributed by atoms with E-state index in [-0.39, 0.29) is 0 Å². The summed E-state index contributed by atoms with van der Waals surface area (Å²) < 4.78 is 10.9. The molecule has 0 saturated heterocycles. The highest BCUT2D eigenvalue weighted by Gasteiger charge is 2.23. The number of nitrogens with zero attached hydrogens (tertiary/aromatic N) is 2. The summed E-state index contributed by atoms with van der Waals surface area (Å²) in [5.74, 6) is 1.22. The zero-order valence-electron chi connectivity index (χ0n) is 21.4. The fraction of sp³-hybridized carbons (Fsp3) is 0.200. The van der Waals surface area contributed by atoms with Crippen LogP contribution in [0.5, 0.6) is 0 Å². The topological polar surface area (TPSA) is 146 Å². The molecule has 3 aromatic carbocycles. The highest BCUT2D eigenvalue weighted by atomic mass is 16.6. The van der Waals surface area contributed by atoms with Crippen LogP contribution in [0.25, 0.3) is 22.4 Å². The van der Waals surface area contributed by atoms with Crippen molar-refractivity contribution < 1.29 is 29.1 Å². The molecule has 1 aromatic heterocycles. The molecule has 5 rings (SSSR count). The average molecular weight is 526 g/mol. The van der Waals surface area contributed by atoms with Crippen molar-refractivity contribution in [1.29, 1.82) is 5.26 Å². The maximum absolute atomic E-state index is 12.6. The lowest BCUT2D eigenvalue weighted by atomic mass is 10.00. The van der Waals surface area contributed by atoms with Crippen LogP contribution in [0, 0.1) is 18.3 Å². The maximum atomic E-state index is 12.6. The van der Waals surface area contributed by atoms with Crippen molar-refractivity contribution in [3.8, 4) is 28.5 Å². The number of benzene rings is 3. The number of amides is 1. The van der Waals surface area contributed by atoms with Crippen LogP contribution in [-0.4, -0.2) is 27.6 Å². The number of carbonyl (C=O) groups is 2. The van der Waals surface area contributed by atoms with Gasteiger partial charge in [-0.3, -0.25) is 5.32 Å². The molecule has 1 saturated carbocycles. The smallest absolute Gasteiger partial charge is 0.450 e. The monoisotopic (exact) mass is 525 g/mol. The summed E-state index contributed by atoms with van der Waals surface area (Å²) >= 11 is 0. The van der Waals surface area contributed by atoms with Crippen LogP contribution in [-0.2, 0) is 4.74 Å². The SMILES string of the molecule is Cc1onc(-c2ccc(-c3ccc(C4CC4)cc3)cc2)c1NC(=O)OC(C)c1cccc(C#N)c1.O=C(O)O. The standard InChI is InChI=1S/C29H25N3O3.CH2O3/c1-18(26-5-3-4-20(16-26)17-30)34-29(33)31-27-19(2)35-32-28(27)25-14-12-24(13-15-25)23-10-8-22(9-11-23)21-6-7-21;2-1(3)4/h3-5,8-16,18,21H,6-7H2,1-2H3,(H,31,33);(H2,2,3,4). The van der Waals surface area contributed by atoms with E-state index in [1.807, 2.05) is 30.3 Å². The van der Waals surface area contributed by atoms with Crippen LogP contribution in [0.4, 0.5) is 15.3 Å². The van der Waals surface area contributed by atoms with Gasteiger partial charge < -0.3 is 19.5 Å². The second-order valence-electron chi connectivity index (χ2n) is 9.13. The van der Waals surface area contributed by atoms with Gasteiger partial charge in [0, 0.05) is 5.56 Å². The van der Waals surface area contributed by atoms with Crippen molar-refractivity contribution in [1.82, 2.24) is 5.16 Å². The van der Waals surface area contributed by atoms with Gasteiger partial charge in [0.1, 0.15) is 17.5 Å². The van der Waals surface area contributed by atoms with Crippen LogP contribution in [0.3, 0.4) is 0 Å². The minimum absolute atomic E-state index is 0.467. The molecule has 1 heterocycles. The van der Waals surface area contributed by atoms with Crippen LogP contribution < -0.4 is 5.32 Å². The van der Waals surface area contributed by atoms with E-state index in [2.05, 4.69) is 40.8 Å². The number of hydrogen-bond acceptors (Lipinski definition) is 6. The molecule has 198 valence electrons. The molecule has 1 unspecified atom stereocenters. The Balaban J connectivity index is 0.000000826. The van der Waals surface area contributed by atoms with E-state index < -0.39 is 18.4 Å². The van der Waals surface area contributed by atoms with E-state index in [9.17, 15) is 4.79 Å². The number of aryl methyl sites for hydroxylation is 1. The minimum Gasteiger partial charge on any atom is -0.450 e. The fourth-order valence-electron chi connectivity index (χ4n) is 4.12. The van der Waals surface area contributed by atoms with E-state index in [4.69, 9.17) is 29.5 Å². The molecule has 1 fully saturated rings. The third kappa shape index (κ3) is 7.02. The zero-order chi connectivity index (χ0) is 27.9. The number of hydrogen-bond donors (Lipinski definition) is 3. The highest BCUT2D eigenvalue weighted by Crippen LogP contribution is 2.40. The predicted molar refractivity (Wildman–Crippen MR) is 144 cm³/mol. The summed E-state index contributed by atoms with van der Waals surface area (Å²) in [6.07, 6.45) is -0.401. The number of carboxylic acid groups (broad SMARTS) is 2. The first-order valence-electron chi connectivity index (χ1n) is 12.3. The first-order valence-corrected chi connectivity index (χ1v) is 12.3. The average Bonchev–Trinajstić information content (AvgIpc) is 3.72. The molecule has 0 spiro atoms. The van der Waals surface area contributed by atoms with Crippen LogP contribution in [0.2, 0.25) is 0 Å². The number of ether oxygens (including phenoxy) is 1. The molecule has 0 aliphatic heterocycles. The molecule has 9 heteroatoms. The van der Waals surface area contributed by atoms with Crippen molar-refractivity contribution in [2.24, 2.45) is 0 Å². The number of nitrogens with one attached hydrogen (secondary N) is 1. The molecule has 1 amide bonds. The summed E-state index contributed by atoms with van der Waals surface area (Å²) in [5.41, 5.74) is 6.76. The number of anilines is 1. The van der Waals surface area contributed by atoms with E-state index in [1.54, 1.807) is 32.0 Å². The lowest BCUT2D eigenvalue weighted by molar-refractivity contribution is 0.121. The largest absolute Gasteiger partial charge is 0.503 e. The predicted octanol–water partition coefficient (Wildman–Crippen LogP) is 7.60. The van der Waals surface area contributed by atoms with Gasteiger partial charge in [-0.05, 0) is 67.0 Å². The molecule has 1 atom stereocenters. The summed E-state index contributed by atoms with van der Waals surface area (Å²) in [4.78, 5) is 21.2. The van der Waals surface area contributed by atoms with Gasteiger partial charge in [-0.25, -0.2) is 9.59 Å². The van der Waals surface area contributed by atoms with Crippen LogP contribution >= 0.6 is 0 Å². The molecule has 1 aliphatic rings. The van der Waals surface area contributed by atoms with Gasteiger partial charge in [-0.15, -0.1) is 0 Å².